The minimum atomic E-state index is 1.35. The molecule has 0 N–H and O–H groups in total. The number of fused-ring (bicyclic) bond motifs is 1. The number of hydrogen-bond acceptors (Lipinski definition) is 2. The van der Waals surface area contributed by atoms with E-state index < -0.39 is 0 Å². The highest BCUT2D eigenvalue weighted by atomic mass is 32.1. The molecule has 13 heavy (non-hydrogen) atoms. The first-order chi connectivity index (χ1) is 6.20. The van der Waals surface area contributed by atoms with Crippen molar-refractivity contribution in [2.45, 2.75) is 0 Å². The maximum absolute atomic E-state index is 2.14. The second-order valence-corrected chi connectivity index (χ2v) is 4.25. The first-order valence-electron chi connectivity index (χ1n) is 4.23. The fourth-order valence-electron chi connectivity index (χ4n) is 0.906. The lowest BCUT2D eigenvalue weighted by molar-refractivity contribution is 0.505. The molecule has 0 spiro atoms. The summed E-state index contributed by atoms with van der Waals surface area (Å²) < 4.78 is 1.37. The molecule has 0 unspecified atom stereocenters. The molecule has 0 aliphatic heterocycles. The van der Waals surface area contributed by atoms with Crippen molar-refractivity contribution in [1.82, 2.24) is 4.90 Å². The van der Waals surface area contributed by atoms with Gasteiger partial charge in [0.1, 0.15) is 0 Å². The molecule has 0 aliphatic rings. The molecular weight excluding hydrogens is 178 g/mol. The van der Waals surface area contributed by atoms with E-state index in [2.05, 4.69) is 35.7 Å². The molecule has 0 radical (unpaired) electrons. The van der Waals surface area contributed by atoms with Gasteiger partial charge in [0.2, 0.25) is 0 Å². The maximum Gasteiger partial charge on any atom is 0.0342 e. The van der Waals surface area contributed by atoms with Gasteiger partial charge in [0, 0.05) is 4.70 Å². The molecule has 1 nitrogen and oxygen atoms in total. The second kappa shape index (κ2) is 5.00. The molecule has 1 aromatic carbocycles. The van der Waals surface area contributed by atoms with Gasteiger partial charge >= 0.3 is 0 Å². The smallest absolute Gasteiger partial charge is 0.0342 e. The van der Waals surface area contributed by atoms with Crippen molar-refractivity contribution in [2.75, 3.05) is 21.1 Å². The largest absolute Gasteiger partial charge is 0.312 e. The Morgan fingerprint density at radius 3 is 2.23 bits per heavy atom. The van der Waals surface area contributed by atoms with Gasteiger partial charge in [0.05, 0.1) is 0 Å². The average molecular weight is 193 g/mol. The van der Waals surface area contributed by atoms with Crippen molar-refractivity contribution in [1.29, 1.82) is 0 Å². The average Bonchev–Trinajstić information content (AvgIpc) is 2.49. The lowest BCUT2D eigenvalue weighted by Crippen LogP contribution is -1.99. The van der Waals surface area contributed by atoms with Gasteiger partial charge < -0.3 is 4.90 Å². The van der Waals surface area contributed by atoms with Gasteiger partial charge in [-0.05, 0) is 44.0 Å². The molecular formula is C11H15NS. The molecule has 2 heteroatoms. The predicted molar refractivity (Wildman–Crippen MR) is 61.4 cm³/mol. The molecule has 1 aromatic heterocycles. The van der Waals surface area contributed by atoms with Gasteiger partial charge in [-0.15, -0.1) is 11.3 Å². The molecule has 2 aromatic rings. The highest BCUT2D eigenvalue weighted by molar-refractivity contribution is 7.17. The number of nitrogens with zero attached hydrogens (tertiary/aromatic N) is 1. The molecule has 0 amide bonds. The second-order valence-electron chi connectivity index (χ2n) is 3.30. The van der Waals surface area contributed by atoms with Crippen LogP contribution >= 0.6 is 11.3 Å². The molecule has 0 bridgehead atoms. The summed E-state index contributed by atoms with van der Waals surface area (Å²) in [6, 6.07) is 10.5. The molecule has 2 rings (SSSR count). The van der Waals surface area contributed by atoms with Gasteiger partial charge in [0.15, 0.2) is 0 Å². The third kappa shape index (κ3) is 3.57. The van der Waals surface area contributed by atoms with Crippen molar-refractivity contribution < 1.29 is 0 Å². The van der Waals surface area contributed by atoms with Crippen LogP contribution in [0.5, 0.6) is 0 Å². The van der Waals surface area contributed by atoms with Crippen molar-refractivity contribution >= 4 is 21.4 Å². The first-order valence-corrected chi connectivity index (χ1v) is 5.11. The van der Waals surface area contributed by atoms with E-state index >= 15 is 0 Å². The summed E-state index contributed by atoms with van der Waals surface area (Å²) in [7, 11) is 6.00. The van der Waals surface area contributed by atoms with Crippen molar-refractivity contribution in [3.8, 4) is 0 Å². The van der Waals surface area contributed by atoms with E-state index in [4.69, 9.17) is 0 Å². The quantitative estimate of drug-likeness (QED) is 0.621. The molecule has 0 fully saturated rings. The van der Waals surface area contributed by atoms with Gasteiger partial charge in [-0.1, -0.05) is 18.2 Å². The highest BCUT2D eigenvalue weighted by Crippen LogP contribution is 2.18. The first kappa shape index (κ1) is 10.2. The summed E-state index contributed by atoms with van der Waals surface area (Å²) in [4.78, 5) is 2.00. The summed E-state index contributed by atoms with van der Waals surface area (Å²) in [5.74, 6) is 0. The van der Waals surface area contributed by atoms with Gasteiger partial charge in [0.25, 0.3) is 0 Å². The van der Waals surface area contributed by atoms with E-state index in [-0.39, 0.29) is 0 Å². The van der Waals surface area contributed by atoms with Crippen LogP contribution in [0.2, 0.25) is 0 Å². The highest BCUT2D eigenvalue weighted by Gasteiger charge is 1.87. The van der Waals surface area contributed by atoms with Crippen LogP contribution in [0.25, 0.3) is 10.1 Å². The lowest BCUT2D eigenvalue weighted by Gasteiger charge is -1.90. The molecule has 0 aliphatic carbocycles. The van der Waals surface area contributed by atoms with E-state index in [1.807, 2.05) is 26.0 Å². The van der Waals surface area contributed by atoms with Crippen molar-refractivity contribution in [3.63, 3.8) is 0 Å². The number of benzene rings is 1. The minimum Gasteiger partial charge on any atom is -0.312 e. The van der Waals surface area contributed by atoms with Crippen molar-refractivity contribution in [3.05, 3.63) is 35.7 Å². The zero-order valence-electron chi connectivity index (χ0n) is 8.32. The van der Waals surface area contributed by atoms with Gasteiger partial charge in [-0.2, -0.15) is 0 Å². The Kier molecular flexibility index (Phi) is 3.93. The topological polar surface area (TPSA) is 3.24 Å². The Labute approximate surface area is 83.6 Å². The zero-order chi connectivity index (χ0) is 9.68. The normalized spacial score (nSPS) is 9.85. The van der Waals surface area contributed by atoms with E-state index in [1.54, 1.807) is 11.3 Å². The summed E-state index contributed by atoms with van der Waals surface area (Å²) in [6.07, 6.45) is 0. The van der Waals surface area contributed by atoms with Crippen LogP contribution in [-0.4, -0.2) is 26.0 Å². The Morgan fingerprint density at radius 1 is 1.00 bits per heavy atom. The van der Waals surface area contributed by atoms with E-state index in [0.717, 1.165) is 0 Å². The van der Waals surface area contributed by atoms with Crippen LogP contribution < -0.4 is 0 Å². The standard InChI is InChI=1S/C8H6S.C3H9N/c1-2-4-8-7(3-1)5-6-9-8;1-4(2)3/h1-6H;1-3H3. The monoisotopic (exact) mass is 193 g/mol. The fourth-order valence-corrected chi connectivity index (χ4v) is 1.70. The third-order valence-electron chi connectivity index (χ3n) is 1.36. The van der Waals surface area contributed by atoms with Crippen LogP contribution in [0, 0.1) is 0 Å². The summed E-state index contributed by atoms with van der Waals surface area (Å²) >= 11 is 1.79. The van der Waals surface area contributed by atoms with Crippen LogP contribution in [0.3, 0.4) is 0 Å². The summed E-state index contributed by atoms with van der Waals surface area (Å²) in [6.45, 7) is 0. The van der Waals surface area contributed by atoms with Crippen LogP contribution in [0.4, 0.5) is 0 Å². The van der Waals surface area contributed by atoms with E-state index in [9.17, 15) is 0 Å². The van der Waals surface area contributed by atoms with Gasteiger partial charge in [-0.25, -0.2) is 0 Å². The predicted octanol–water partition coefficient (Wildman–Crippen LogP) is 3.08. The van der Waals surface area contributed by atoms with E-state index in [1.165, 1.54) is 10.1 Å². The summed E-state index contributed by atoms with van der Waals surface area (Å²) in [5, 5.41) is 3.47. The molecule has 1 heterocycles. The Morgan fingerprint density at radius 2 is 1.62 bits per heavy atom. The minimum absolute atomic E-state index is 1.35. The third-order valence-corrected chi connectivity index (χ3v) is 2.26. The van der Waals surface area contributed by atoms with Gasteiger partial charge in [-0.3, -0.25) is 0 Å². The Bertz CT molecular complexity index is 319. The molecule has 70 valence electrons. The molecule has 0 saturated carbocycles. The maximum atomic E-state index is 2.14. The van der Waals surface area contributed by atoms with Crippen molar-refractivity contribution in [2.24, 2.45) is 0 Å². The van der Waals surface area contributed by atoms with E-state index in [0.29, 0.717) is 0 Å². The fraction of sp³-hybridized carbons (Fsp3) is 0.273. The Hall–Kier alpha value is -0.860. The molecule has 0 atom stereocenters. The SMILES string of the molecule is CN(C)C.c1ccc2sccc2c1. The zero-order valence-corrected chi connectivity index (χ0v) is 9.14. The number of thiophene rings is 1. The number of rotatable bonds is 0. The molecule has 0 saturated heterocycles. The number of hydrogen-bond donors (Lipinski definition) is 0. The van der Waals surface area contributed by atoms with Crippen LogP contribution in [0.15, 0.2) is 35.7 Å². The Balaban J connectivity index is 0.000000184. The summed E-state index contributed by atoms with van der Waals surface area (Å²) in [5.41, 5.74) is 0. The lowest BCUT2D eigenvalue weighted by atomic mass is 10.3. The van der Waals surface area contributed by atoms with Crippen LogP contribution in [0.1, 0.15) is 0 Å². The van der Waals surface area contributed by atoms with Crippen LogP contribution in [-0.2, 0) is 0 Å².